The lowest BCUT2D eigenvalue weighted by Gasteiger charge is -2.25. The van der Waals surface area contributed by atoms with Crippen LogP contribution in [0.1, 0.15) is 31.9 Å². The van der Waals surface area contributed by atoms with E-state index in [4.69, 9.17) is 4.74 Å². The first-order valence-corrected chi connectivity index (χ1v) is 5.40. The lowest BCUT2D eigenvalue weighted by molar-refractivity contribution is -0.150. The van der Waals surface area contributed by atoms with Gasteiger partial charge in [-0.25, -0.2) is 0 Å². The number of pyridine rings is 1. The molecule has 0 atom stereocenters. The third-order valence-corrected chi connectivity index (χ3v) is 2.59. The maximum absolute atomic E-state index is 12.8. The van der Waals surface area contributed by atoms with Crippen molar-refractivity contribution in [2.24, 2.45) is 0 Å². The van der Waals surface area contributed by atoms with Gasteiger partial charge in [-0.05, 0) is 32.4 Å². The fourth-order valence-electron chi connectivity index (χ4n) is 1.56. The third kappa shape index (κ3) is 2.80. The fourth-order valence-corrected chi connectivity index (χ4v) is 1.56. The Morgan fingerprint density at radius 2 is 1.94 bits per heavy atom. The minimum Gasteiger partial charge on any atom is -0.465 e. The molecule has 0 aliphatic carbocycles. The smallest absolute Gasteiger partial charge is 0.416 e. The lowest BCUT2D eigenvalue weighted by Crippen LogP contribution is -2.33. The second kappa shape index (κ2) is 4.96. The van der Waals surface area contributed by atoms with Gasteiger partial charge in [0, 0.05) is 12.4 Å². The van der Waals surface area contributed by atoms with E-state index in [1.807, 2.05) is 0 Å². The highest BCUT2D eigenvalue weighted by Gasteiger charge is 2.41. The van der Waals surface area contributed by atoms with Crippen LogP contribution in [0.2, 0.25) is 0 Å². The molecule has 1 rings (SSSR count). The minimum atomic E-state index is -4.53. The number of alkyl halides is 3. The van der Waals surface area contributed by atoms with Crippen LogP contribution in [0.4, 0.5) is 13.2 Å². The molecule has 0 N–H and O–H groups in total. The van der Waals surface area contributed by atoms with E-state index in [-0.39, 0.29) is 12.2 Å². The Labute approximate surface area is 103 Å². The first-order valence-electron chi connectivity index (χ1n) is 5.40. The van der Waals surface area contributed by atoms with Gasteiger partial charge in [-0.2, -0.15) is 13.2 Å². The minimum absolute atomic E-state index is 0.115. The number of esters is 1. The highest BCUT2D eigenvalue weighted by Crippen LogP contribution is 2.37. The summed E-state index contributed by atoms with van der Waals surface area (Å²) in [6.07, 6.45) is -2.42. The van der Waals surface area contributed by atoms with Gasteiger partial charge < -0.3 is 4.74 Å². The van der Waals surface area contributed by atoms with Gasteiger partial charge in [-0.15, -0.1) is 0 Å². The van der Waals surface area contributed by atoms with Crippen LogP contribution < -0.4 is 0 Å². The second-order valence-corrected chi connectivity index (χ2v) is 4.26. The van der Waals surface area contributed by atoms with E-state index >= 15 is 0 Å². The maximum atomic E-state index is 12.8. The molecule has 3 nitrogen and oxygen atoms in total. The Morgan fingerprint density at radius 3 is 2.44 bits per heavy atom. The van der Waals surface area contributed by atoms with Crippen molar-refractivity contribution in [2.45, 2.75) is 32.4 Å². The molecule has 0 fully saturated rings. The standard InChI is InChI=1S/C12H14F3NO2/c1-4-18-10(17)11(2,3)9-7-16-6-5-8(9)12(13,14)15/h5-7H,4H2,1-3H3. The van der Waals surface area contributed by atoms with Crippen molar-refractivity contribution < 1.29 is 22.7 Å². The van der Waals surface area contributed by atoms with Gasteiger partial charge in [0.05, 0.1) is 17.6 Å². The third-order valence-electron chi connectivity index (χ3n) is 2.59. The van der Waals surface area contributed by atoms with E-state index in [1.165, 1.54) is 13.8 Å². The molecular weight excluding hydrogens is 247 g/mol. The Bertz CT molecular complexity index is 441. The molecule has 100 valence electrons. The van der Waals surface area contributed by atoms with Crippen molar-refractivity contribution >= 4 is 5.97 Å². The van der Waals surface area contributed by atoms with Gasteiger partial charge in [0.25, 0.3) is 0 Å². The quantitative estimate of drug-likeness (QED) is 0.785. The highest BCUT2D eigenvalue weighted by atomic mass is 19.4. The molecule has 1 aromatic heterocycles. The van der Waals surface area contributed by atoms with Gasteiger partial charge in [0.1, 0.15) is 0 Å². The number of halogens is 3. The molecular formula is C12H14F3NO2. The summed E-state index contributed by atoms with van der Waals surface area (Å²) in [6, 6.07) is 0.857. The lowest BCUT2D eigenvalue weighted by atomic mass is 9.82. The van der Waals surface area contributed by atoms with E-state index in [2.05, 4.69) is 4.98 Å². The zero-order chi connectivity index (χ0) is 14.0. The molecule has 1 heterocycles. The summed E-state index contributed by atoms with van der Waals surface area (Å²) in [7, 11) is 0. The maximum Gasteiger partial charge on any atom is 0.416 e. The van der Waals surface area contributed by atoms with Gasteiger partial charge in [-0.1, -0.05) is 0 Å². The van der Waals surface area contributed by atoms with Crippen LogP contribution >= 0.6 is 0 Å². The topological polar surface area (TPSA) is 39.2 Å². The number of aromatic nitrogens is 1. The van der Waals surface area contributed by atoms with Crippen LogP contribution in [0, 0.1) is 0 Å². The first-order chi connectivity index (χ1) is 8.21. The molecule has 0 unspecified atom stereocenters. The van der Waals surface area contributed by atoms with E-state index < -0.39 is 23.1 Å². The van der Waals surface area contributed by atoms with Gasteiger partial charge in [0.2, 0.25) is 0 Å². The summed E-state index contributed by atoms with van der Waals surface area (Å²) in [5.74, 6) is -0.705. The van der Waals surface area contributed by atoms with Crippen molar-refractivity contribution in [3.05, 3.63) is 29.6 Å². The molecule has 6 heteroatoms. The molecule has 0 amide bonds. The molecule has 1 aromatic rings. The summed E-state index contributed by atoms with van der Waals surface area (Å²) in [4.78, 5) is 15.4. The van der Waals surface area contributed by atoms with Gasteiger partial charge in [-0.3, -0.25) is 9.78 Å². The summed E-state index contributed by atoms with van der Waals surface area (Å²) >= 11 is 0. The molecule has 18 heavy (non-hydrogen) atoms. The number of carbonyl (C=O) groups excluding carboxylic acids is 1. The second-order valence-electron chi connectivity index (χ2n) is 4.26. The van der Waals surface area contributed by atoms with Crippen molar-refractivity contribution in [3.8, 4) is 0 Å². The van der Waals surface area contributed by atoms with Crippen molar-refractivity contribution in [1.82, 2.24) is 4.98 Å². The molecule has 0 spiro atoms. The van der Waals surface area contributed by atoms with E-state index in [9.17, 15) is 18.0 Å². The number of carbonyl (C=O) groups is 1. The van der Waals surface area contributed by atoms with Gasteiger partial charge >= 0.3 is 12.1 Å². The fraction of sp³-hybridized carbons (Fsp3) is 0.500. The number of hydrogen-bond acceptors (Lipinski definition) is 3. The average molecular weight is 261 g/mol. The van der Waals surface area contributed by atoms with Gasteiger partial charge in [0.15, 0.2) is 0 Å². The largest absolute Gasteiger partial charge is 0.465 e. The Balaban J connectivity index is 3.28. The van der Waals surface area contributed by atoms with Crippen molar-refractivity contribution in [3.63, 3.8) is 0 Å². The molecule has 0 radical (unpaired) electrons. The van der Waals surface area contributed by atoms with Crippen LogP contribution in [0.5, 0.6) is 0 Å². The van der Waals surface area contributed by atoms with Crippen molar-refractivity contribution in [1.29, 1.82) is 0 Å². The number of ether oxygens (including phenoxy) is 1. The van der Waals surface area contributed by atoms with Crippen LogP contribution in [-0.4, -0.2) is 17.6 Å². The first kappa shape index (κ1) is 14.5. The molecule has 0 saturated carbocycles. The van der Waals surface area contributed by atoms with Crippen LogP contribution in [0.25, 0.3) is 0 Å². The normalized spacial score (nSPS) is 12.3. The molecule has 0 aliphatic rings. The summed E-state index contributed by atoms with van der Waals surface area (Å²) in [6.45, 7) is 4.49. The van der Waals surface area contributed by atoms with Crippen LogP contribution in [0.3, 0.4) is 0 Å². The van der Waals surface area contributed by atoms with Crippen molar-refractivity contribution in [2.75, 3.05) is 6.61 Å². The van der Waals surface area contributed by atoms with E-state index in [1.54, 1.807) is 6.92 Å². The highest BCUT2D eigenvalue weighted by molar-refractivity contribution is 5.82. The predicted octanol–water partition coefficient (Wildman–Crippen LogP) is 2.94. The Kier molecular flexibility index (Phi) is 3.98. The molecule has 0 aliphatic heterocycles. The summed E-state index contributed by atoms with van der Waals surface area (Å²) in [5, 5.41) is 0. The number of rotatable bonds is 3. The SMILES string of the molecule is CCOC(=O)C(C)(C)c1cnccc1C(F)(F)F. The zero-order valence-corrected chi connectivity index (χ0v) is 10.3. The average Bonchev–Trinajstić information content (AvgIpc) is 2.28. The monoisotopic (exact) mass is 261 g/mol. The Hall–Kier alpha value is -1.59. The summed E-state index contributed by atoms with van der Waals surface area (Å²) in [5.41, 5.74) is -2.44. The number of nitrogens with zero attached hydrogens (tertiary/aromatic N) is 1. The van der Waals surface area contributed by atoms with E-state index in [0.717, 1.165) is 18.5 Å². The van der Waals surface area contributed by atoms with Crippen LogP contribution in [0.15, 0.2) is 18.5 Å². The molecule has 0 saturated heterocycles. The summed E-state index contributed by atoms with van der Waals surface area (Å²) < 4.78 is 43.3. The molecule has 0 bridgehead atoms. The van der Waals surface area contributed by atoms with Crippen LogP contribution in [-0.2, 0) is 21.1 Å². The predicted molar refractivity (Wildman–Crippen MR) is 58.9 cm³/mol. The number of hydrogen-bond donors (Lipinski definition) is 0. The zero-order valence-electron chi connectivity index (χ0n) is 10.3. The molecule has 0 aromatic carbocycles. The Morgan fingerprint density at radius 1 is 1.33 bits per heavy atom. The van der Waals surface area contributed by atoms with E-state index in [0.29, 0.717) is 0 Å².